The van der Waals surface area contributed by atoms with Crippen molar-refractivity contribution in [2.75, 3.05) is 12.4 Å². The first kappa shape index (κ1) is 8.62. The lowest BCUT2D eigenvalue weighted by Gasteiger charge is -2.00. The molecule has 0 amide bonds. The average molecular weight is 189 g/mol. The minimum atomic E-state index is 0.240. The van der Waals surface area contributed by atoms with Crippen molar-refractivity contribution in [3.05, 3.63) is 36.7 Å². The maximum Gasteiger partial charge on any atom is 0.117 e. The Kier molecular flexibility index (Phi) is 2.10. The molecule has 0 saturated heterocycles. The van der Waals surface area contributed by atoms with Crippen molar-refractivity contribution in [2.45, 2.75) is 0 Å². The summed E-state index contributed by atoms with van der Waals surface area (Å²) in [5, 5.41) is 16.4. The third-order valence-electron chi connectivity index (χ3n) is 1.97. The summed E-state index contributed by atoms with van der Waals surface area (Å²) in [7, 11) is 1.84. The minimum Gasteiger partial charge on any atom is -0.508 e. The van der Waals surface area contributed by atoms with E-state index in [1.165, 1.54) is 0 Å². The van der Waals surface area contributed by atoms with Crippen LogP contribution < -0.4 is 5.32 Å². The molecule has 0 spiro atoms. The van der Waals surface area contributed by atoms with Crippen LogP contribution in [0.5, 0.6) is 5.75 Å². The molecule has 72 valence electrons. The second-order valence-electron chi connectivity index (χ2n) is 2.94. The quantitative estimate of drug-likeness (QED) is 0.754. The molecule has 0 aliphatic heterocycles. The zero-order valence-corrected chi connectivity index (χ0v) is 7.81. The van der Waals surface area contributed by atoms with Gasteiger partial charge in [0.15, 0.2) is 0 Å². The maximum atomic E-state index is 9.28. The molecule has 0 aliphatic carbocycles. The van der Waals surface area contributed by atoms with E-state index in [-0.39, 0.29) is 5.75 Å². The molecule has 1 aromatic carbocycles. The summed E-state index contributed by atoms with van der Waals surface area (Å²) >= 11 is 0. The fraction of sp³-hybridized carbons (Fsp3) is 0.100. The highest BCUT2D eigenvalue weighted by Crippen LogP contribution is 2.15. The Morgan fingerprint density at radius 1 is 1.43 bits per heavy atom. The van der Waals surface area contributed by atoms with Gasteiger partial charge in [-0.2, -0.15) is 5.10 Å². The van der Waals surface area contributed by atoms with Gasteiger partial charge in [0.25, 0.3) is 0 Å². The Labute approximate surface area is 81.8 Å². The van der Waals surface area contributed by atoms with Crippen molar-refractivity contribution in [3.63, 3.8) is 0 Å². The normalized spacial score (nSPS) is 10.1. The molecule has 1 aromatic heterocycles. The number of aromatic hydroxyl groups is 1. The van der Waals surface area contributed by atoms with Gasteiger partial charge in [-0.25, -0.2) is 4.68 Å². The number of hydrogen-bond donors (Lipinski definition) is 2. The molecule has 0 atom stereocenters. The van der Waals surface area contributed by atoms with E-state index in [1.807, 2.05) is 19.3 Å². The van der Waals surface area contributed by atoms with Crippen molar-refractivity contribution in [3.8, 4) is 11.4 Å². The Hall–Kier alpha value is -1.97. The Balaban J connectivity index is 2.39. The van der Waals surface area contributed by atoms with E-state index in [4.69, 9.17) is 0 Å². The molecule has 0 bridgehead atoms. The number of rotatable bonds is 2. The number of nitrogens with one attached hydrogen (secondary N) is 1. The van der Waals surface area contributed by atoms with Gasteiger partial charge in [0.1, 0.15) is 5.75 Å². The number of phenolic OH excluding ortho intramolecular Hbond substituents is 1. The lowest BCUT2D eigenvalue weighted by atomic mass is 10.3. The third kappa shape index (κ3) is 1.54. The summed E-state index contributed by atoms with van der Waals surface area (Å²) in [5.41, 5.74) is 1.78. The Bertz CT molecular complexity index is 436. The van der Waals surface area contributed by atoms with Crippen LogP contribution in [-0.4, -0.2) is 21.9 Å². The summed E-state index contributed by atoms with van der Waals surface area (Å²) < 4.78 is 1.70. The fourth-order valence-electron chi connectivity index (χ4n) is 1.23. The number of nitrogens with zero attached hydrogens (tertiary/aromatic N) is 2. The SMILES string of the molecule is CNc1cnn(-c2cccc(O)c2)c1. The minimum absolute atomic E-state index is 0.240. The summed E-state index contributed by atoms with van der Waals surface area (Å²) in [6, 6.07) is 6.95. The van der Waals surface area contributed by atoms with Crippen LogP contribution in [0.1, 0.15) is 0 Å². The molecule has 0 aliphatic rings. The van der Waals surface area contributed by atoms with E-state index >= 15 is 0 Å². The lowest BCUT2D eigenvalue weighted by molar-refractivity contribution is 0.475. The van der Waals surface area contributed by atoms with Gasteiger partial charge < -0.3 is 10.4 Å². The molecular formula is C10H11N3O. The van der Waals surface area contributed by atoms with E-state index in [2.05, 4.69) is 10.4 Å². The van der Waals surface area contributed by atoms with E-state index in [0.29, 0.717) is 0 Å². The van der Waals surface area contributed by atoms with Crippen LogP contribution in [0.4, 0.5) is 5.69 Å². The van der Waals surface area contributed by atoms with Gasteiger partial charge >= 0.3 is 0 Å². The van der Waals surface area contributed by atoms with Crippen LogP contribution in [0.2, 0.25) is 0 Å². The Morgan fingerprint density at radius 2 is 2.29 bits per heavy atom. The molecule has 2 aromatic rings. The molecule has 4 nitrogen and oxygen atoms in total. The van der Waals surface area contributed by atoms with Crippen molar-refractivity contribution >= 4 is 5.69 Å². The fourth-order valence-corrected chi connectivity index (χ4v) is 1.23. The number of hydrogen-bond acceptors (Lipinski definition) is 3. The second kappa shape index (κ2) is 3.41. The highest BCUT2D eigenvalue weighted by atomic mass is 16.3. The standard InChI is InChI=1S/C10H11N3O/c1-11-8-6-12-13(7-8)9-3-2-4-10(14)5-9/h2-7,11,14H,1H3. The molecule has 14 heavy (non-hydrogen) atoms. The zero-order valence-electron chi connectivity index (χ0n) is 7.81. The van der Waals surface area contributed by atoms with E-state index in [0.717, 1.165) is 11.4 Å². The molecule has 2 rings (SSSR count). The third-order valence-corrected chi connectivity index (χ3v) is 1.97. The monoisotopic (exact) mass is 189 g/mol. The zero-order chi connectivity index (χ0) is 9.97. The molecule has 4 heteroatoms. The topological polar surface area (TPSA) is 50.1 Å². The van der Waals surface area contributed by atoms with Crippen molar-refractivity contribution in [2.24, 2.45) is 0 Å². The highest BCUT2D eigenvalue weighted by molar-refractivity contribution is 5.43. The summed E-state index contributed by atoms with van der Waals surface area (Å²) in [4.78, 5) is 0. The van der Waals surface area contributed by atoms with Crippen LogP contribution in [0, 0.1) is 0 Å². The summed E-state index contributed by atoms with van der Waals surface area (Å²) in [6.45, 7) is 0. The molecule has 2 N–H and O–H groups in total. The van der Waals surface area contributed by atoms with Gasteiger partial charge in [-0.05, 0) is 12.1 Å². The smallest absolute Gasteiger partial charge is 0.117 e. The largest absolute Gasteiger partial charge is 0.508 e. The van der Waals surface area contributed by atoms with Crippen LogP contribution >= 0.6 is 0 Å². The summed E-state index contributed by atoms with van der Waals surface area (Å²) in [5.74, 6) is 0.240. The molecule has 0 fully saturated rings. The Morgan fingerprint density at radius 3 is 2.93 bits per heavy atom. The lowest BCUT2D eigenvalue weighted by Crippen LogP contribution is -1.93. The number of benzene rings is 1. The van der Waals surface area contributed by atoms with Crippen molar-refractivity contribution < 1.29 is 5.11 Å². The number of phenols is 1. The van der Waals surface area contributed by atoms with Crippen LogP contribution in [0.25, 0.3) is 5.69 Å². The predicted molar refractivity (Wildman–Crippen MR) is 54.8 cm³/mol. The van der Waals surface area contributed by atoms with Gasteiger partial charge in [-0.1, -0.05) is 6.07 Å². The van der Waals surface area contributed by atoms with E-state index in [1.54, 1.807) is 29.1 Å². The first-order valence-electron chi connectivity index (χ1n) is 4.31. The van der Waals surface area contributed by atoms with Crippen molar-refractivity contribution in [1.29, 1.82) is 0 Å². The van der Waals surface area contributed by atoms with E-state index in [9.17, 15) is 5.11 Å². The average Bonchev–Trinajstić information content (AvgIpc) is 2.66. The van der Waals surface area contributed by atoms with E-state index < -0.39 is 0 Å². The number of aromatic nitrogens is 2. The van der Waals surface area contributed by atoms with Crippen molar-refractivity contribution in [1.82, 2.24) is 9.78 Å². The van der Waals surface area contributed by atoms with Gasteiger partial charge in [-0.15, -0.1) is 0 Å². The molecule has 0 unspecified atom stereocenters. The molecule has 0 radical (unpaired) electrons. The maximum absolute atomic E-state index is 9.28. The second-order valence-corrected chi connectivity index (χ2v) is 2.94. The van der Waals surface area contributed by atoms with Gasteiger partial charge in [0.05, 0.1) is 23.8 Å². The van der Waals surface area contributed by atoms with Crippen LogP contribution in [0.3, 0.4) is 0 Å². The van der Waals surface area contributed by atoms with Gasteiger partial charge in [0.2, 0.25) is 0 Å². The predicted octanol–water partition coefficient (Wildman–Crippen LogP) is 1.62. The first-order valence-corrected chi connectivity index (χ1v) is 4.31. The van der Waals surface area contributed by atoms with Crippen LogP contribution in [-0.2, 0) is 0 Å². The molecule has 0 saturated carbocycles. The van der Waals surface area contributed by atoms with Crippen LogP contribution in [0.15, 0.2) is 36.7 Å². The number of anilines is 1. The highest BCUT2D eigenvalue weighted by Gasteiger charge is 1.99. The molecular weight excluding hydrogens is 178 g/mol. The summed E-state index contributed by atoms with van der Waals surface area (Å²) in [6.07, 6.45) is 3.58. The first-order chi connectivity index (χ1) is 6.79. The molecule has 1 heterocycles. The van der Waals surface area contributed by atoms with Gasteiger partial charge in [-0.3, -0.25) is 0 Å². The van der Waals surface area contributed by atoms with Gasteiger partial charge in [0, 0.05) is 13.1 Å².